The van der Waals surface area contributed by atoms with Gasteiger partial charge < -0.3 is 19.9 Å². The predicted octanol–water partition coefficient (Wildman–Crippen LogP) is 3.62. The largest absolute Gasteiger partial charge is 0.379 e. The molecule has 0 spiro atoms. The molecule has 1 saturated heterocycles. The van der Waals surface area contributed by atoms with E-state index in [0.29, 0.717) is 35.9 Å². The van der Waals surface area contributed by atoms with Crippen molar-refractivity contribution in [1.82, 2.24) is 20.0 Å². The van der Waals surface area contributed by atoms with Crippen LogP contribution >= 0.6 is 23.4 Å². The normalized spacial score (nSPS) is 20.1. The summed E-state index contributed by atoms with van der Waals surface area (Å²) in [5.41, 5.74) is 2.91. The molecular weight excluding hydrogens is 498 g/mol. The fourth-order valence-electron chi connectivity index (χ4n) is 4.72. The van der Waals surface area contributed by atoms with Crippen molar-refractivity contribution < 1.29 is 14.3 Å². The summed E-state index contributed by atoms with van der Waals surface area (Å²) in [6.45, 7) is 11.6. The predicted molar refractivity (Wildman–Crippen MR) is 145 cm³/mol. The number of carbonyl (C=O) groups is 2. The average molecular weight is 532 g/mol. The Balaban J connectivity index is 1.56. The smallest absolute Gasteiger partial charge is 0.254 e. The summed E-state index contributed by atoms with van der Waals surface area (Å²) in [4.78, 5) is 37.5. The van der Waals surface area contributed by atoms with Gasteiger partial charge in [-0.1, -0.05) is 41.6 Å². The lowest BCUT2D eigenvalue weighted by Gasteiger charge is -2.38. The van der Waals surface area contributed by atoms with E-state index in [9.17, 15) is 9.59 Å². The molecule has 0 radical (unpaired) electrons. The van der Waals surface area contributed by atoms with Crippen molar-refractivity contribution in [2.24, 2.45) is 4.99 Å². The van der Waals surface area contributed by atoms with Gasteiger partial charge in [0.2, 0.25) is 5.91 Å². The van der Waals surface area contributed by atoms with Crippen molar-refractivity contribution in [3.05, 3.63) is 57.2 Å². The number of fused-ring (bicyclic) bond motifs is 1. The number of allylic oxidation sites excluding steroid dienone is 1. The van der Waals surface area contributed by atoms with Crippen LogP contribution in [-0.2, 0) is 14.3 Å². The van der Waals surface area contributed by atoms with Gasteiger partial charge in [-0.05, 0) is 37.8 Å². The lowest BCUT2D eigenvalue weighted by Crippen LogP contribution is -2.43. The van der Waals surface area contributed by atoms with E-state index in [1.807, 2.05) is 55.3 Å². The maximum atomic E-state index is 13.7. The second kappa shape index (κ2) is 12.3. The van der Waals surface area contributed by atoms with Crippen molar-refractivity contribution in [2.75, 3.05) is 52.5 Å². The highest BCUT2D eigenvalue weighted by atomic mass is 35.5. The van der Waals surface area contributed by atoms with Crippen LogP contribution in [0.5, 0.6) is 0 Å². The molecule has 1 aromatic carbocycles. The Labute approximate surface area is 222 Å². The molecule has 1 unspecified atom stereocenters. The number of hydrogen-bond acceptors (Lipinski definition) is 7. The Hall–Kier alpha value is -2.33. The summed E-state index contributed by atoms with van der Waals surface area (Å²) >= 11 is 8.15. The minimum Gasteiger partial charge on any atom is -0.379 e. The van der Waals surface area contributed by atoms with Crippen molar-refractivity contribution in [2.45, 2.75) is 33.2 Å². The first-order chi connectivity index (χ1) is 17.4. The molecular formula is C26H34ClN5O3S. The maximum absolute atomic E-state index is 13.7. The van der Waals surface area contributed by atoms with E-state index in [1.54, 1.807) is 4.90 Å². The van der Waals surface area contributed by atoms with Gasteiger partial charge in [-0.3, -0.25) is 14.5 Å². The molecule has 0 bridgehead atoms. The zero-order chi connectivity index (χ0) is 25.7. The number of aliphatic imine (C=N–C) groups is 1. The molecule has 0 aliphatic carbocycles. The van der Waals surface area contributed by atoms with Gasteiger partial charge in [0.05, 0.1) is 36.9 Å². The van der Waals surface area contributed by atoms with E-state index in [0.717, 1.165) is 49.3 Å². The number of amides is 2. The number of amidine groups is 1. The number of likely N-dealkylation sites (N-methyl/N-ethyl adjacent to an activating group) is 1. The zero-order valence-electron chi connectivity index (χ0n) is 21.1. The number of carbonyl (C=O) groups excluding carboxylic acids is 2. The number of nitrogens with zero attached hydrogens (tertiary/aromatic N) is 4. The lowest BCUT2D eigenvalue weighted by molar-refractivity contribution is -0.127. The number of benzene rings is 1. The first kappa shape index (κ1) is 26.7. The Kier molecular flexibility index (Phi) is 9.11. The van der Waals surface area contributed by atoms with Gasteiger partial charge in [0.15, 0.2) is 5.17 Å². The van der Waals surface area contributed by atoms with Gasteiger partial charge in [-0.25, -0.2) is 4.99 Å². The molecule has 36 heavy (non-hydrogen) atoms. The summed E-state index contributed by atoms with van der Waals surface area (Å²) in [7, 11) is 0. The van der Waals surface area contributed by atoms with Crippen LogP contribution in [0.4, 0.5) is 0 Å². The van der Waals surface area contributed by atoms with E-state index in [-0.39, 0.29) is 18.2 Å². The first-order valence-electron chi connectivity index (χ1n) is 12.5. The third-order valence-corrected chi connectivity index (χ3v) is 7.91. The number of nitrogens with one attached hydrogen (secondary N) is 1. The van der Waals surface area contributed by atoms with Crippen LogP contribution in [0.3, 0.4) is 0 Å². The molecule has 3 aliphatic rings. The van der Waals surface area contributed by atoms with Crippen LogP contribution in [0, 0.1) is 0 Å². The summed E-state index contributed by atoms with van der Waals surface area (Å²) < 4.78 is 5.39. The van der Waals surface area contributed by atoms with Crippen LogP contribution in [0.15, 0.2) is 51.6 Å². The van der Waals surface area contributed by atoms with Crippen LogP contribution in [0.1, 0.15) is 38.8 Å². The SMILES string of the molecule is CCN(CC)C(=O)C1=C(C)N=C2SC=C(CC(=O)NCCN3CCOCC3)N2C1c1ccccc1Cl. The summed E-state index contributed by atoms with van der Waals surface area (Å²) in [5.74, 6) is -0.117. The Morgan fingerprint density at radius 3 is 2.64 bits per heavy atom. The molecule has 4 rings (SSSR count). The maximum Gasteiger partial charge on any atom is 0.254 e. The van der Waals surface area contributed by atoms with E-state index in [4.69, 9.17) is 21.3 Å². The number of ether oxygens (including phenoxy) is 1. The molecule has 3 aliphatic heterocycles. The molecule has 3 heterocycles. The Morgan fingerprint density at radius 1 is 1.22 bits per heavy atom. The molecule has 194 valence electrons. The van der Waals surface area contributed by atoms with Crippen molar-refractivity contribution in [3.63, 3.8) is 0 Å². The average Bonchev–Trinajstić information content (AvgIpc) is 3.26. The Morgan fingerprint density at radius 2 is 1.94 bits per heavy atom. The molecule has 0 saturated carbocycles. The number of morpholine rings is 1. The van der Waals surface area contributed by atoms with E-state index < -0.39 is 6.04 Å². The molecule has 1 fully saturated rings. The van der Waals surface area contributed by atoms with Gasteiger partial charge >= 0.3 is 0 Å². The van der Waals surface area contributed by atoms with Crippen LogP contribution in [-0.4, -0.2) is 84.2 Å². The highest BCUT2D eigenvalue weighted by Crippen LogP contribution is 2.46. The topological polar surface area (TPSA) is 77.5 Å². The quantitative estimate of drug-likeness (QED) is 0.524. The van der Waals surface area contributed by atoms with E-state index in [2.05, 4.69) is 10.2 Å². The molecule has 8 nitrogen and oxygen atoms in total. The van der Waals surface area contributed by atoms with Gasteiger partial charge in [0.1, 0.15) is 0 Å². The highest BCUT2D eigenvalue weighted by Gasteiger charge is 2.42. The zero-order valence-corrected chi connectivity index (χ0v) is 22.7. The fraction of sp³-hybridized carbons (Fsp3) is 0.500. The number of hydrogen-bond donors (Lipinski definition) is 1. The molecule has 1 aromatic rings. The first-order valence-corrected chi connectivity index (χ1v) is 13.7. The van der Waals surface area contributed by atoms with Crippen LogP contribution < -0.4 is 5.32 Å². The minimum absolute atomic E-state index is 0.0582. The minimum atomic E-state index is -0.457. The molecule has 2 amide bonds. The van der Waals surface area contributed by atoms with Crippen molar-refractivity contribution >= 4 is 40.3 Å². The summed E-state index contributed by atoms with van der Waals surface area (Å²) in [6, 6.07) is 7.13. The van der Waals surface area contributed by atoms with Gasteiger partial charge in [-0.2, -0.15) is 0 Å². The summed E-state index contributed by atoms with van der Waals surface area (Å²) in [6.07, 6.45) is 0.196. The van der Waals surface area contributed by atoms with Gasteiger partial charge in [0, 0.05) is 50.0 Å². The van der Waals surface area contributed by atoms with Crippen LogP contribution in [0.25, 0.3) is 0 Å². The fourth-order valence-corrected chi connectivity index (χ4v) is 5.92. The highest BCUT2D eigenvalue weighted by molar-refractivity contribution is 8.16. The second-order valence-corrected chi connectivity index (χ2v) is 10.1. The molecule has 1 N–H and O–H groups in total. The third kappa shape index (κ3) is 5.80. The molecule has 0 aromatic heterocycles. The number of halogens is 1. The second-order valence-electron chi connectivity index (χ2n) is 8.87. The van der Waals surface area contributed by atoms with Crippen molar-refractivity contribution in [3.8, 4) is 0 Å². The molecule has 10 heteroatoms. The van der Waals surface area contributed by atoms with Gasteiger partial charge in [0.25, 0.3) is 5.91 Å². The Bertz CT molecular complexity index is 1080. The van der Waals surface area contributed by atoms with E-state index in [1.165, 1.54) is 11.8 Å². The lowest BCUT2D eigenvalue weighted by atomic mass is 9.92. The number of thioether (sulfide) groups is 1. The van der Waals surface area contributed by atoms with E-state index >= 15 is 0 Å². The van der Waals surface area contributed by atoms with Gasteiger partial charge in [-0.15, -0.1) is 0 Å². The summed E-state index contributed by atoms with van der Waals surface area (Å²) in [5, 5.41) is 6.34. The number of rotatable bonds is 9. The van der Waals surface area contributed by atoms with Crippen molar-refractivity contribution in [1.29, 1.82) is 0 Å². The third-order valence-electron chi connectivity index (χ3n) is 6.68. The van der Waals surface area contributed by atoms with Crippen LogP contribution in [0.2, 0.25) is 5.02 Å². The molecule has 1 atom stereocenters. The standard InChI is InChI=1S/C26H34ClN5O3S/c1-4-31(5-2)25(34)23-18(3)29-26-32(24(23)20-8-6-7-9-21(20)27)19(17-36-26)16-22(33)28-10-11-30-12-14-35-15-13-30/h6-9,17,24H,4-5,10-16H2,1-3H3,(H,28,33). The monoisotopic (exact) mass is 531 g/mol.